The lowest BCUT2D eigenvalue weighted by molar-refractivity contribution is 0.561. The second kappa shape index (κ2) is 3.31. The van der Waals surface area contributed by atoms with Gasteiger partial charge < -0.3 is 8.98 Å². The average molecular weight is 175 g/mol. The minimum absolute atomic E-state index is 0.00343. The summed E-state index contributed by atoms with van der Waals surface area (Å²) in [6, 6.07) is 6.95. The van der Waals surface area contributed by atoms with E-state index in [2.05, 4.69) is 0 Å². The molecule has 3 heteroatoms. The largest absolute Gasteiger partial charge is 0.472 e. The van der Waals surface area contributed by atoms with E-state index in [4.69, 9.17) is 4.42 Å². The Bertz CT molecular complexity index is 428. The van der Waals surface area contributed by atoms with E-state index in [0.29, 0.717) is 6.54 Å². The molecule has 0 fully saturated rings. The Labute approximate surface area is 75.2 Å². The molecule has 0 N–H and O–H groups in total. The van der Waals surface area contributed by atoms with Crippen molar-refractivity contribution in [1.82, 2.24) is 4.57 Å². The van der Waals surface area contributed by atoms with Crippen molar-refractivity contribution in [3.05, 3.63) is 58.9 Å². The molecular formula is C10H9NO2. The molecule has 2 aromatic heterocycles. The first-order valence-corrected chi connectivity index (χ1v) is 4.03. The van der Waals surface area contributed by atoms with Crippen LogP contribution in [0.15, 0.2) is 52.2 Å². The Morgan fingerprint density at radius 3 is 2.92 bits per heavy atom. The molecule has 0 saturated carbocycles. The predicted octanol–water partition coefficient (Wildman–Crippen LogP) is 1.49. The maximum atomic E-state index is 11.3. The second-order valence-electron chi connectivity index (χ2n) is 2.80. The van der Waals surface area contributed by atoms with Crippen LogP contribution >= 0.6 is 0 Å². The molecule has 2 aromatic rings. The highest BCUT2D eigenvalue weighted by Crippen LogP contribution is 2.00. The molecule has 0 aromatic carbocycles. The van der Waals surface area contributed by atoms with Gasteiger partial charge in [-0.2, -0.15) is 0 Å². The van der Waals surface area contributed by atoms with Gasteiger partial charge in [-0.05, 0) is 12.1 Å². The van der Waals surface area contributed by atoms with Crippen molar-refractivity contribution in [2.45, 2.75) is 6.54 Å². The van der Waals surface area contributed by atoms with Crippen LogP contribution in [0.2, 0.25) is 0 Å². The fourth-order valence-corrected chi connectivity index (χ4v) is 1.17. The van der Waals surface area contributed by atoms with Crippen LogP contribution < -0.4 is 5.56 Å². The SMILES string of the molecule is O=c1ccccn1Cc1ccoc1. The maximum absolute atomic E-state index is 11.3. The van der Waals surface area contributed by atoms with Crippen LogP contribution in [0.1, 0.15) is 5.56 Å². The van der Waals surface area contributed by atoms with Crippen molar-refractivity contribution in [2.75, 3.05) is 0 Å². The second-order valence-corrected chi connectivity index (χ2v) is 2.80. The number of hydrogen-bond acceptors (Lipinski definition) is 2. The fourth-order valence-electron chi connectivity index (χ4n) is 1.17. The molecule has 0 bridgehead atoms. The number of hydrogen-bond donors (Lipinski definition) is 0. The summed E-state index contributed by atoms with van der Waals surface area (Å²) < 4.78 is 6.54. The van der Waals surface area contributed by atoms with Crippen LogP contribution in [0.5, 0.6) is 0 Å². The molecule has 0 atom stereocenters. The van der Waals surface area contributed by atoms with Crippen LogP contribution in [-0.4, -0.2) is 4.57 Å². The normalized spacial score (nSPS) is 10.2. The molecule has 0 spiro atoms. The van der Waals surface area contributed by atoms with E-state index in [1.165, 1.54) is 0 Å². The Morgan fingerprint density at radius 2 is 2.23 bits per heavy atom. The summed E-state index contributed by atoms with van der Waals surface area (Å²) in [5.74, 6) is 0. The molecule has 0 unspecified atom stereocenters. The van der Waals surface area contributed by atoms with Crippen molar-refractivity contribution in [1.29, 1.82) is 0 Å². The van der Waals surface area contributed by atoms with Gasteiger partial charge in [0, 0.05) is 17.8 Å². The van der Waals surface area contributed by atoms with Crippen molar-refractivity contribution < 1.29 is 4.42 Å². The molecule has 13 heavy (non-hydrogen) atoms. The third-order valence-electron chi connectivity index (χ3n) is 1.83. The van der Waals surface area contributed by atoms with Gasteiger partial charge in [0.1, 0.15) is 0 Å². The molecule has 0 saturated heterocycles. The lowest BCUT2D eigenvalue weighted by Crippen LogP contribution is -2.17. The third kappa shape index (κ3) is 1.69. The van der Waals surface area contributed by atoms with E-state index >= 15 is 0 Å². The zero-order valence-corrected chi connectivity index (χ0v) is 7.01. The summed E-state index contributed by atoms with van der Waals surface area (Å²) in [7, 11) is 0. The van der Waals surface area contributed by atoms with Gasteiger partial charge in [-0.1, -0.05) is 6.07 Å². The van der Waals surface area contributed by atoms with Gasteiger partial charge in [0.2, 0.25) is 0 Å². The lowest BCUT2D eigenvalue weighted by atomic mass is 10.3. The standard InChI is InChI=1S/C10H9NO2/c12-10-3-1-2-5-11(10)7-9-4-6-13-8-9/h1-6,8H,7H2. The predicted molar refractivity (Wildman–Crippen MR) is 48.5 cm³/mol. The number of furan rings is 1. The summed E-state index contributed by atoms with van der Waals surface area (Å²) in [5.41, 5.74) is 0.997. The van der Waals surface area contributed by atoms with Crippen molar-refractivity contribution in [2.24, 2.45) is 0 Å². The van der Waals surface area contributed by atoms with E-state index in [9.17, 15) is 4.79 Å². The molecule has 66 valence electrons. The number of pyridine rings is 1. The molecule has 2 rings (SSSR count). The monoisotopic (exact) mass is 175 g/mol. The van der Waals surface area contributed by atoms with Crippen LogP contribution in [-0.2, 0) is 6.54 Å². The van der Waals surface area contributed by atoms with Gasteiger partial charge in [0.05, 0.1) is 19.1 Å². The minimum Gasteiger partial charge on any atom is -0.472 e. The summed E-state index contributed by atoms with van der Waals surface area (Å²) in [5, 5.41) is 0. The van der Waals surface area contributed by atoms with Gasteiger partial charge in [-0.3, -0.25) is 4.79 Å². The van der Waals surface area contributed by atoms with E-state index in [-0.39, 0.29) is 5.56 Å². The van der Waals surface area contributed by atoms with Gasteiger partial charge in [-0.15, -0.1) is 0 Å². The molecule has 0 aliphatic rings. The molecule has 0 radical (unpaired) electrons. The highest BCUT2D eigenvalue weighted by atomic mass is 16.3. The third-order valence-corrected chi connectivity index (χ3v) is 1.83. The van der Waals surface area contributed by atoms with Gasteiger partial charge in [0.25, 0.3) is 5.56 Å². The van der Waals surface area contributed by atoms with E-state index in [0.717, 1.165) is 5.56 Å². The first kappa shape index (κ1) is 7.86. The molecule has 2 heterocycles. The molecular weight excluding hydrogens is 166 g/mol. The van der Waals surface area contributed by atoms with E-state index in [1.54, 1.807) is 35.4 Å². The summed E-state index contributed by atoms with van der Waals surface area (Å²) in [4.78, 5) is 11.3. The number of nitrogens with zero attached hydrogens (tertiary/aromatic N) is 1. The minimum atomic E-state index is 0.00343. The first-order valence-electron chi connectivity index (χ1n) is 4.03. The van der Waals surface area contributed by atoms with Crippen molar-refractivity contribution >= 4 is 0 Å². The Kier molecular flexibility index (Phi) is 2.00. The van der Waals surface area contributed by atoms with Gasteiger partial charge >= 0.3 is 0 Å². The summed E-state index contributed by atoms with van der Waals surface area (Å²) in [6.45, 7) is 0.566. The van der Waals surface area contributed by atoms with Crippen LogP contribution in [0.25, 0.3) is 0 Å². The lowest BCUT2D eigenvalue weighted by Gasteiger charge is -2.00. The molecule has 0 amide bonds. The van der Waals surface area contributed by atoms with Crippen molar-refractivity contribution in [3.8, 4) is 0 Å². The number of aromatic nitrogens is 1. The Morgan fingerprint density at radius 1 is 1.31 bits per heavy atom. The zero-order valence-electron chi connectivity index (χ0n) is 7.01. The highest BCUT2D eigenvalue weighted by Gasteiger charge is 1.96. The summed E-state index contributed by atoms with van der Waals surface area (Å²) >= 11 is 0. The molecule has 3 nitrogen and oxygen atoms in total. The van der Waals surface area contributed by atoms with Crippen LogP contribution in [0, 0.1) is 0 Å². The fraction of sp³-hybridized carbons (Fsp3) is 0.100. The molecule has 0 aliphatic heterocycles. The maximum Gasteiger partial charge on any atom is 0.250 e. The first-order chi connectivity index (χ1) is 6.36. The smallest absolute Gasteiger partial charge is 0.250 e. The molecule has 0 aliphatic carbocycles. The quantitative estimate of drug-likeness (QED) is 0.693. The van der Waals surface area contributed by atoms with E-state index in [1.807, 2.05) is 12.1 Å². The highest BCUT2D eigenvalue weighted by molar-refractivity contribution is 5.07. The number of rotatable bonds is 2. The van der Waals surface area contributed by atoms with Crippen LogP contribution in [0.3, 0.4) is 0 Å². The van der Waals surface area contributed by atoms with Gasteiger partial charge in [0.15, 0.2) is 0 Å². The summed E-state index contributed by atoms with van der Waals surface area (Å²) in [6.07, 6.45) is 5.00. The van der Waals surface area contributed by atoms with Crippen molar-refractivity contribution in [3.63, 3.8) is 0 Å². The Balaban J connectivity index is 2.29. The average Bonchev–Trinajstić information content (AvgIpc) is 2.61. The topological polar surface area (TPSA) is 35.1 Å². The van der Waals surface area contributed by atoms with Crippen LogP contribution in [0.4, 0.5) is 0 Å². The Hall–Kier alpha value is -1.77. The zero-order chi connectivity index (χ0) is 9.10. The van der Waals surface area contributed by atoms with Gasteiger partial charge in [-0.25, -0.2) is 0 Å². The van der Waals surface area contributed by atoms with E-state index < -0.39 is 0 Å².